The Bertz CT molecular complexity index is 607. The van der Waals surface area contributed by atoms with Crippen molar-refractivity contribution in [2.24, 2.45) is 0 Å². The summed E-state index contributed by atoms with van der Waals surface area (Å²) in [5, 5.41) is 6.48. The molecule has 22 heavy (non-hydrogen) atoms. The molecular weight excluding hydrogens is 304 g/mol. The van der Waals surface area contributed by atoms with Crippen molar-refractivity contribution in [3.05, 3.63) is 28.8 Å². The first kappa shape index (κ1) is 15.1. The Morgan fingerprint density at radius 1 is 1.32 bits per heavy atom. The largest absolute Gasteiger partial charge is 0.336 e. The van der Waals surface area contributed by atoms with Gasteiger partial charge in [-0.15, -0.1) is 0 Å². The Morgan fingerprint density at radius 3 is 2.82 bits per heavy atom. The third-order valence-electron chi connectivity index (χ3n) is 4.10. The monoisotopic (exact) mass is 322 g/mol. The highest BCUT2D eigenvalue weighted by Gasteiger charge is 2.27. The first-order valence-corrected chi connectivity index (χ1v) is 7.82. The lowest BCUT2D eigenvalue weighted by Crippen LogP contribution is -2.52. The lowest BCUT2D eigenvalue weighted by atomic mass is 10.1. The van der Waals surface area contributed by atoms with Gasteiger partial charge in [-0.3, -0.25) is 9.69 Å². The van der Waals surface area contributed by atoms with E-state index in [1.165, 1.54) is 0 Å². The number of hydrogen-bond donors (Lipinski definition) is 2. The second-order valence-corrected chi connectivity index (χ2v) is 6.01. The van der Waals surface area contributed by atoms with Crippen LogP contribution in [0.5, 0.6) is 0 Å². The van der Waals surface area contributed by atoms with Gasteiger partial charge < -0.3 is 15.5 Å². The molecule has 0 spiro atoms. The maximum Gasteiger partial charge on any atom is 0.322 e. The highest BCUT2D eigenvalue weighted by Crippen LogP contribution is 2.29. The van der Waals surface area contributed by atoms with E-state index in [4.69, 9.17) is 11.6 Å². The van der Waals surface area contributed by atoms with Crippen LogP contribution in [0.4, 0.5) is 10.5 Å². The van der Waals surface area contributed by atoms with E-state index in [0.717, 1.165) is 13.1 Å². The Balaban J connectivity index is 1.88. The van der Waals surface area contributed by atoms with E-state index in [1.807, 2.05) is 11.8 Å². The minimum absolute atomic E-state index is 0.0217. The summed E-state index contributed by atoms with van der Waals surface area (Å²) in [4.78, 5) is 27.9. The molecule has 3 rings (SSSR count). The molecule has 2 aliphatic rings. The lowest BCUT2D eigenvalue weighted by Gasteiger charge is -2.34. The number of hydrogen-bond acceptors (Lipinski definition) is 3. The number of carbonyl (C=O) groups is 2. The van der Waals surface area contributed by atoms with Crippen molar-refractivity contribution in [3.63, 3.8) is 0 Å². The number of nitrogens with zero attached hydrogens (tertiary/aromatic N) is 2. The normalized spacial score (nSPS) is 21.9. The summed E-state index contributed by atoms with van der Waals surface area (Å²) in [6, 6.07) is 5.08. The second kappa shape index (κ2) is 6.14. The average Bonchev–Trinajstić information content (AvgIpc) is 2.93. The molecule has 118 valence electrons. The van der Waals surface area contributed by atoms with Gasteiger partial charge in [-0.05, 0) is 25.1 Å². The van der Waals surface area contributed by atoms with E-state index in [-0.39, 0.29) is 18.0 Å². The molecule has 0 saturated carbocycles. The number of carbonyl (C=O) groups excluding carboxylic acids is 2. The topological polar surface area (TPSA) is 64.7 Å². The van der Waals surface area contributed by atoms with Crippen molar-refractivity contribution in [3.8, 4) is 0 Å². The Hall–Kier alpha value is -1.79. The Labute approximate surface area is 134 Å². The molecule has 1 atom stereocenters. The summed E-state index contributed by atoms with van der Waals surface area (Å²) < 4.78 is 0. The number of urea groups is 1. The van der Waals surface area contributed by atoms with Gasteiger partial charge in [0.1, 0.15) is 0 Å². The molecule has 1 aromatic rings. The summed E-state index contributed by atoms with van der Waals surface area (Å²) in [7, 11) is 0. The minimum Gasteiger partial charge on any atom is -0.336 e. The van der Waals surface area contributed by atoms with Crippen LogP contribution in [0.25, 0.3) is 0 Å². The molecule has 0 aromatic heterocycles. The van der Waals surface area contributed by atoms with E-state index in [0.29, 0.717) is 35.9 Å². The van der Waals surface area contributed by atoms with Crippen LogP contribution in [-0.4, -0.2) is 55.6 Å². The number of anilines is 1. The molecular formula is C15H19ClN4O2. The summed E-state index contributed by atoms with van der Waals surface area (Å²) in [6.45, 7) is 5.44. The van der Waals surface area contributed by atoms with E-state index in [9.17, 15) is 9.59 Å². The van der Waals surface area contributed by atoms with Crippen molar-refractivity contribution in [1.29, 1.82) is 0 Å². The fourth-order valence-electron chi connectivity index (χ4n) is 2.86. The van der Waals surface area contributed by atoms with Crippen LogP contribution in [0.1, 0.15) is 17.3 Å². The zero-order valence-electron chi connectivity index (χ0n) is 12.4. The molecule has 2 saturated heterocycles. The van der Waals surface area contributed by atoms with Crippen molar-refractivity contribution in [1.82, 2.24) is 15.5 Å². The third-order valence-corrected chi connectivity index (χ3v) is 4.42. The molecule has 0 radical (unpaired) electrons. The highest BCUT2D eigenvalue weighted by molar-refractivity contribution is 6.34. The molecule has 7 heteroatoms. The summed E-state index contributed by atoms with van der Waals surface area (Å²) in [6.07, 6.45) is 0. The number of rotatable bonds is 2. The van der Waals surface area contributed by atoms with Crippen LogP contribution in [0, 0.1) is 0 Å². The molecule has 2 heterocycles. The first-order valence-electron chi connectivity index (χ1n) is 7.44. The smallest absolute Gasteiger partial charge is 0.322 e. The van der Waals surface area contributed by atoms with Gasteiger partial charge in [-0.25, -0.2) is 4.79 Å². The average molecular weight is 323 g/mol. The van der Waals surface area contributed by atoms with Crippen LogP contribution in [0.3, 0.4) is 0 Å². The predicted molar refractivity (Wildman–Crippen MR) is 85.6 cm³/mol. The van der Waals surface area contributed by atoms with Crippen LogP contribution < -0.4 is 15.5 Å². The molecule has 2 fully saturated rings. The van der Waals surface area contributed by atoms with Crippen molar-refractivity contribution >= 4 is 29.2 Å². The van der Waals surface area contributed by atoms with E-state index < -0.39 is 0 Å². The Morgan fingerprint density at radius 2 is 2.14 bits per heavy atom. The van der Waals surface area contributed by atoms with Gasteiger partial charge in [-0.1, -0.05) is 11.6 Å². The molecule has 6 nitrogen and oxygen atoms in total. The number of nitrogens with one attached hydrogen (secondary N) is 2. The quantitative estimate of drug-likeness (QED) is 0.862. The van der Waals surface area contributed by atoms with Crippen molar-refractivity contribution < 1.29 is 9.59 Å². The number of benzene rings is 1. The van der Waals surface area contributed by atoms with E-state index in [2.05, 4.69) is 10.6 Å². The Kier molecular flexibility index (Phi) is 4.22. The lowest BCUT2D eigenvalue weighted by molar-refractivity contribution is 0.0656. The molecule has 0 bridgehead atoms. The van der Waals surface area contributed by atoms with Crippen LogP contribution >= 0.6 is 11.6 Å². The van der Waals surface area contributed by atoms with Gasteiger partial charge in [0, 0.05) is 44.3 Å². The SMILES string of the molecule is C[C@H]1CNCCN1C(=O)c1ccc(Cl)c(N2CCNC2=O)c1. The minimum atomic E-state index is -0.179. The van der Waals surface area contributed by atoms with Crippen LogP contribution in [0.2, 0.25) is 5.02 Å². The molecule has 2 aliphatic heterocycles. The zero-order chi connectivity index (χ0) is 15.7. The fourth-order valence-corrected chi connectivity index (χ4v) is 3.08. The van der Waals surface area contributed by atoms with Crippen molar-refractivity contribution in [2.45, 2.75) is 13.0 Å². The summed E-state index contributed by atoms with van der Waals surface area (Å²) >= 11 is 6.20. The predicted octanol–water partition coefficient (Wildman–Crippen LogP) is 1.30. The summed E-state index contributed by atoms with van der Waals surface area (Å²) in [5.41, 5.74) is 1.15. The van der Waals surface area contributed by atoms with Gasteiger partial charge in [0.05, 0.1) is 10.7 Å². The second-order valence-electron chi connectivity index (χ2n) is 5.60. The van der Waals surface area contributed by atoms with Crippen LogP contribution in [0.15, 0.2) is 18.2 Å². The van der Waals surface area contributed by atoms with Gasteiger partial charge in [0.2, 0.25) is 0 Å². The maximum absolute atomic E-state index is 12.7. The van der Waals surface area contributed by atoms with Gasteiger partial charge >= 0.3 is 6.03 Å². The van der Waals surface area contributed by atoms with E-state index in [1.54, 1.807) is 23.1 Å². The molecule has 2 N–H and O–H groups in total. The van der Waals surface area contributed by atoms with Gasteiger partial charge in [-0.2, -0.15) is 0 Å². The first-order chi connectivity index (χ1) is 10.6. The third kappa shape index (κ3) is 2.76. The molecule has 3 amide bonds. The van der Waals surface area contributed by atoms with Gasteiger partial charge in [0.25, 0.3) is 5.91 Å². The molecule has 0 unspecified atom stereocenters. The van der Waals surface area contributed by atoms with Crippen molar-refractivity contribution in [2.75, 3.05) is 37.6 Å². The van der Waals surface area contributed by atoms with Gasteiger partial charge in [0.15, 0.2) is 0 Å². The fraction of sp³-hybridized carbons (Fsp3) is 0.467. The number of amides is 3. The summed E-state index contributed by atoms with van der Waals surface area (Å²) in [5.74, 6) is -0.0217. The maximum atomic E-state index is 12.7. The zero-order valence-corrected chi connectivity index (χ0v) is 13.2. The number of piperazine rings is 1. The highest BCUT2D eigenvalue weighted by atomic mass is 35.5. The van der Waals surface area contributed by atoms with E-state index >= 15 is 0 Å². The molecule has 0 aliphatic carbocycles. The van der Waals surface area contributed by atoms with Crippen LogP contribution in [-0.2, 0) is 0 Å². The molecule has 1 aromatic carbocycles. The number of halogens is 1. The standard InChI is InChI=1S/C15H19ClN4O2/c1-10-9-17-4-6-19(10)14(21)11-2-3-12(16)13(8-11)20-7-5-18-15(20)22/h2-3,8,10,17H,4-7,9H2,1H3,(H,18,22)/t10-/m0/s1.